The number of ether oxygens (including phenoxy) is 3. The molecule has 0 spiro atoms. The summed E-state index contributed by atoms with van der Waals surface area (Å²) in [7, 11) is 0. The molecule has 172 valence electrons. The fourth-order valence-electron chi connectivity index (χ4n) is 2.94. The van der Waals surface area contributed by atoms with Gasteiger partial charge in [-0.1, -0.05) is 0 Å². The van der Waals surface area contributed by atoms with Crippen molar-refractivity contribution in [1.29, 1.82) is 0 Å². The van der Waals surface area contributed by atoms with Crippen LogP contribution in [0.25, 0.3) is 11.0 Å². The Kier molecular flexibility index (Phi) is 7.24. The van der Waals surface area contributed by atoms with Gasteiger partial charge < -0.3 is 23.9 Å². The lowest BCUT2D eigenvalue weighted by molar-refractivity contribution is -0.384. The van der Waals surface area contributed by atoms with E-state index in [1.54, 1.807) is 26.0 Å². The van der Waals surface area contributed by atoms with E-state index < -0.39 is 35.6 Å². The number of aryl methyl sites for hydroxylation is 1. The molecule has 0 aliphatic rings. The normalized spacial score (nSPS) is 10.5. The zero-order valence-corrected chi connectivity index (χ0v) is 17.8. The molecule has 1 heterocycles. The smallest absolute Gasteiger partial charge is 0.344 e. The number of carbonyl (C=O) groups is 2. The maximum absolute atomic E-state index is 12.1. The molecule has 0 radical (unpaired) electrons. The molecule has 0 aliphatic carbocycles. The Labute approximate surface area is 187 Å². The zero-order valence-electron chi connectivity index (χ0n) is 17.8. The lowest BCUT2D eigenvalue weighted by atomic mass is 10.1. The number of anilines is 1. The van der Waals surface area contributed by atoms with Crippen LogP contribution in [-0.4, -0.2) is 36.6 Å². The van der Waals surface area contributed by atoms with Crippen LogP contribution in [0.4, 0.5) is 11.4 Å². The molecule has 1 amide bonds. The van der Waals surface area contributed by atoms with Crippen molar-refractivity contribution in [3.63, 3.8) is 0 Å². The van der Waals surface area contributed by atoms with Crippen molar-refractivity contribution in [2.24, 2.45) is 0 Å². The highest BCUT2D eigenvalue weighted by Gasteiger charge is 2.18. The molecule has 33 heavy (non-hydrogen) atoms. The molecule has 0 bridgehead atoms. The second-order valence-corrected chi connectivity index (χ2v) is 6.77. The highest BCUT2D eigenvalue weighted by atomic mass is 16.6. The van der Waals surface area contributed by atoms with E-state index in [1.165, 1.54) is 30.3 Å². The first-order valence-corrected chi connectivity index (χ1v) is 9.81. The van der Waals surface area contributed by atoms with Gasteiger partial charge in [0.2, 0.25) is 0 Å². The number of benzene rings is 2. The summed E-state index contributed by atoms with van der Waals surface area (Å²) in [5.41, 5.74) is 0.124. The van der Waals surface area contributed by atoms with Gasteiger partial charge in [0, 0.05) is 17.5 Å². The monoisotopic (exact) mass is 456 g/mol. The van der Waals surface area contributed by atoms with E-state index in [0.29, 0.717) is 12.2 Å². The van der Waals surface area contributed by atoms with Crippen LogP contribution >= 0.6 is 0 Å². The van der Waals surface area contributed by atoms with E-state index >= 15 is 0 Å². The van der Waals surface area contributed by atoms with E-state index in [4.69, 9.17) is 18.6 Å². The predicted octanol–water partition coefficient (Wildman–Crippen LogP) is 2.97. The average Bonchev–Trinajstić information content (AvgIpc) is 2.77. The Bertz CT molecular complexity index is 1270. The first-order chi connectivity index (χ1) is 15.8. The summed E-state index contributed by atoms with van der Waals surface area (Å²) in [5, 5.41) is 14.3. The van der Waals surface area contributed by atoms with E-state index in [1.807, 2.05) is 0 Å². The highest BCUT2D eigenvalue weighted by Crippen LogP contribution is 2.29. The molecule has 11 heteroatoms. The molecule has 0 unspecified atom stereocenters. The molecule has 1 aromatic heterocycles. The third-order valence-electron chi connectivity index (χ3n) is 4.39. The number of amides is 1. The molecule has 0 fully saturated rings. The molecule has 0 saturated heterocycles. The van der Waals surface area contributed by atoms with Gasteiger partial charge in [-0.3, -0.25) is 14.9 Å². The number of fused-ring (bicyclic) bond motifs is 1. The molecule has 11 nitrogen and oxygen atoms in total. The minimum Gasteiger partial charge on any atom is -0.494 e. The fourth-order valence-corrected chi connectivity index (χ4v) is 2.94. The lowest BCUT2D eigenvalue weighted by Crippen LogP contribution is -2.24. The van der Waals surface area contributed by atoms with Gasteiger partial charge in [0.15, 0.2) is 13.2 Å². The Hall–Kier alpha value is -4.41. The Morgan fingerprint density at radius 3 is 2.52 bits per heavy atom. The molecule has 0 aliphatic heterocycles. The van der Waals surface area contributed by atoms with Crippen LogP contribution < -0.4 is 20.4 Å². The number of hydrogen-bond acceptors (Lipinski definition) is 9. The van der Waals surface area contributed by atoms with Gasteiger partial charge >= 0.3 is 11.6 Å². The van der Waals surface area contributed by atoms with Crippen LogP contribution in [0.2, 0.25) is 0 Å². The standard InChI is InChI=1S/C22H20N2O9/c1-3-30-14-5-7-17(18(9-14)24(28)29)23-20(25)11-32-22(27)12-31-15-4-6-16-13(2)8-21(26)33-19(16)10-15/h4-10H,3,11-12H2,1-2H3,(H,23,25). The van der Waals surface area contributed by atoms with E-state index in [-0.39, 0.29) is 22.9 Å². The second kappa shape index (κ2) is 10.3. The average molecular weight is 456 g/mol. The van der Waals surface area contributed by atoms with Gasteiger partial charge in [0.25, 0.3) is 11.6 Å². The molecular formula is C22H20N2O9. The van der Waals surface area contributed by atoms with E-state index in [9.17, 15) is 24.5 Å². The number of esters is 1. The van der Waals surface area contributed by atoms with Crippen molar-refractivity contribution in [2.45, 2.75) is 13.8 Å². The van der Waals surface area contributed by atoms with Crippen molar-refractivity contribution >= 4 is 34.2 Å². The van der Waals surface area contributed by atoms with Crippen molar-refractivity contribution in [3.8, 4) is 11.5 Å². The summed E-state index contributed by atoms with van der Waals surface area (Å²) < 4.78 is 20.5. The molecule has 3 rings (SSSR count). The van der Waals surface area contributed by atoms with Gasteiger partial charge in [0.1, 0.15) is 22.8 Å². The number of hydrogen-bond donors (Lipinski definition) is 1. The number of nitrogens with one attached hydrogen (secondary N) is 1. The van der Waals surface area contributed by atoms with E-state index in [0.717, 1.165) is 10.9 Å². The second-order valence-electron chi connectivity index (χ2n) is 6.77. The van der Waals surface area contributed by atoms with Crippen LogP contribution in [0.1, 0.15) is 12.5 Å². The summed E-state index contributed by atoms with van der Waals surface area (Å²) in [6.07, 6.45) is 0. The van der Waals surface area contributed by atoms with Gasteiger partial charge in [0.05, 0.1) is 17.6 Å². The number of nitro groups is 1. The van der Waals surface area contributed by atoms with Crippen molar-refractivity contribution in [2.75, 3.05) is 25.1 Å². The van der Waals surface area contributed by atoms with Crippen LogP contribution in [0, 0.1) is 17.0 Å². The van der Waals surface area contributed by atoms with Crippen LogP contribution in [-0.2, 0) is 14.3 Å². The van der Waals surface area contributed by atoms with Crippen molar-refractivity contribution in [1.82, 2.24) is 0 Å². The molecule has 0 atom stereocenters. The fraction of sp³-hybridized carbons (Fsp3) is 0.227. The number of rotatable bonds is 9. The van der Waals surface area contributed by atoms with Crippen LogP contribution in [0.15, 0.2) is 51.7 Å². The van der Waals surface area contributed by atoms with Crippen LogP contribution in [0.5, 0.6) is 11.5 Å². The topological polar surface area (TPSA) is 147 Å². The summed E-state index contributed by atoms with van der Waals surface area (Å²) in [5.74, 6) is -1.05. The summed E-state index contributed by atoms with van der Waals surface area (Å²) in [6.45, 7) is 2.66. The molecule has 1 N–H and O–H groups in total. The van der Waals surface area contributed by atoms with Gasteiger partial charge in [-0.15, -0.1) is 0 Å². The van der Waals surface area contributed by atoms with Gasteiger partial charge in [-0.05, 0) is 43.7 Å². The Morgan fingerprint density at radius 2 is 1.79 bits per heavy atom. The maximum atomic E-state index is 12.1. The van der Waals surface area contributed by atoms with Gasteiger partial charge in [-0.25, -0.2) is 9.59 Å². The molecule has 3 aromatic rings. The first kappa shape index (κ1) is 23.3. The summed E-state index contributed by atoms with van der Waals surface area (Å²) >= 11 is 0. The minimum absolute atomic E-state index is 0.0614. The number of nitro benzene ring substituents is 1. The lowest BCUT2D eigenvalue weighted by Gasteiger charge is -2.10. The highest BCUT2D eigenvalue weighted by molar-refractivity contribution is 5.95. The van der Waals surface area contributed by atoms with Crippen molar-refractivity contribution < 1.29 is 33.1 Å². The van der Waals surface area contributed by atoms with Gasteiger partial charge in [-0.2, -0.15) is 0 Å². The summed E-state index contributed by atoms with van der Waals surface area (Å²) in [6, 6.07) is 10.1. The molecule has 0 saturated carbocycles. The van der Waals surface area contributed by atoms with Crippen molar-refractivity contribution in [3.05, 3.63) is 68.6 Å². The quantitative estimate of drug-likeness (QED) is 0.222. The zero-order chi connectivity index (χ0) is 24.0. The Balaban J connectivity index is 1.54. The Morgan fingerprint density at radius 1 is 1.06 bits per heavy atom. The molecular weight excluding hydrogens is 436 g/mol. The SMILES string of the molecule is CCOc1ccc(NC(=O)COC(=O)COc2ccc3c(C)cc(=O)oc3c2)c([N+](=O)[O-])c1. The first-order valence-electron chi connectivity index (χ1n) is 9.81. The third kappa shape index (κ3) is 6.06. The van der Waals surface area contributed by atoms with Crippen LogP contribution in [0.3, 0.4) is 0 Å². The predicted molar refractivity (Wildman–Crippen MR) is 117 cm³/mol. The number of carbonyl (C=O) groups excluding carboxylic acids is 2. The third-order valence-corrected chi connectivity index (χ3v) is 4.39. The summed E-state index contributed by atoms with van der Waals surface area (Å²) in [4.78, 5) is 46.1. The largest absolute Gasteiger partial charge is 0.494 e. The maximum Gasteiger partial charge on any atom is 0.344 e. The number of nitrogens with zero attached hydrogens (tertiary/aromatic N) is 1. The molecule has 2 aromatic carbocycles. The minimum atomic E-state index is -0.836. The van der Waals surface area contributed by atoms with E-state index in [2.05, 4.69) is 5.32 Å².